The van der Waals surface area contributed by atoms with Crippen LogP contribution in [0.3, 0.4) is 0 Å². The molecule has 2 aromatic rings. The average molecular weight is 340 g/mol. The number of aryl methyl sites for hydroxylation is 1. The molecule has 0 radical (unpaired) electrons. The number of benzene rings is 2. The molecule has 1 aliphatic rings. The van der Waals surface area contributed by atoms with E-state index in [-0.39, 0.29) is 11.7 Å². The number of amidine groups is 1. The highest BCUT2D eigenvalue weighted by atomic mass is 32.2. The van der Waals surface area contributed by atoms with Crippen molar-refractivity contribution in [1.82, 2.24) is 5.32 Å². The molecule has 24 heavy (non-hydrogen) atoms. The minimum atomic E-state index is -0.242. The van der Waals surface area contributed by atoms with E-state index < -0.39 is 0 Å². The monoisotopic (exact) mass is 340 g/mol. The van der Waals surface area contributed by atoms with Gasteiger partial charge in [0.25, 0.3) is 5.91 Å². The zero-order chi connectivity index (χ0) is 17.1. The van der Waals surface area contributed by atoms with Crippen molar-refractivity contribution in [2.24, 2.45) is 4.99 Å². The van der Waals surface area contributed by atoms with Gasteiger partial charge in [-0.05, 0) is 48.5 Å². The maximum absolute atomic E-state index is 12.1. The number of aromatic hydroxyl groups is 1. The molecule has 5 nitrogen and oxygen atoms in total. The third-order valence-electron chi connectivity index (χ3n) is 3.42. The quantitative estimate of drug-likeness (QED) is 0.838. The third kappa shape index (κ3) is 3.44. The summed E-state index contributed by atoms with van der Waals surface area (Å²) in [4.78, 5) is 17.0. The van der Waals surface area contributed by atoms with Crippen LogP contribution in [-0.2, 0) is 4.79 Å². The Balaban J connectivity index is 1.88. The molecule has 0 atom stereocenters. The number of thioether (sulfide) groups is 1. The van der Waals surface area contributed by atoms with Crippen molar-refractivity contribution >= 4 is 34.6 Å². The smallest absolute Gasteiger partial charge is 0.264 e. The van der Waals surface area contributed by atoms with Crippen LogP contribution in [0.15, 0.2) is 52.4 Å². The van der Waals surface area contributed by atoms with Crippen molar-refractivity contribution in [2.45, 2.75) is 6.92 Å². The number of carbonyl (C=O) groups is 1. The molecule has 0 aromatic heterocycles. The van der Waals surface area contributed by atoms with Crippen LogP contribution >= 0.6 is 11.8 Å². The Kier molecular flexibility index (Phi) is 4.57. The summed E-state index contributed by atoms with van der Waals surface area (Å²) in [5, 5.41) is 13.4. The zero-order valence-corrected chi connectivity index (χ0v) is 14.1. The molecule has 1 heterocycles. The lowest BCUT2D eigenvalue weighted by molar-refractivity contribution is -0.115. The average Bonchev–Trinajstić information content (AvgIpc) is 2.89. The Hall–Kier alpha value is -2.73. The van der Waals surface area contributed by atoms with Crippen molar-refractivity contribution < 1.29 is 14.6 Å². The third-order valence-corrected chi connectivity index (χ3v) is 4.33. The van der Waals surface area contributed by atoms with Crippen LogP contribution in [0.4, 0.5) is 5.69 Å². The number of ether oxygens (including phenoxy) is 1. The topological polar surface area (TPSA) is 70.9 Å². The van der Waals surface area contributed by atoms with E-state index in [0.29, 0.717) is 21.4 Å². The van der Waals surface area contributed by atoms with Crippen LogP contribution < -0.4 is 10.1 Å². The molecule has 0 saturated carbocycles. The highest BCUT2D eigenvalue weighted by Gasteiger charge is 2.24. The number of phenolic OH excluding ortho intramolecular Hbond substituents is 1. The summed E-state index contributed by atoms with van der Waals surface area (Å²) in [6.07, 6.45) is 1.62. The molecule has 6 heteroatoms. The molecular formula is C18H16N2O3S. The van der Waals surface area contributed by atoms with E-state index in [2.05, 4.69) is 10.3 Å². The fourth-order valence-electron chi connectivity index (χ4n) is 2.26. The minimum absolute atomic E-state index is 0.00460. The second-order valence-electron chi connectivity index (χ2n) is 5.22. The first-order valence-electron chi connectivity index (χ1n) is 7.29. The van der Waals surface area contributed by atoms with Crippen LogP contribution in [0.5, 0.6) is 11.5 Å². The van der Waals surface area contributed by atoms with Gasteiger partial charge in [0.05, 0.1) is 17.7 Å². The van der Waals surface area contributed by atoms with Gasteiger partial charge < -0.3 is 15.2 Å². The highest BCUT2D eigenvalue weighted by Crippen LogP contribution is 2.34. The first-order valence-corrected chi connectivity index (χ1v) is 8.10. The van der Waals surface area contributed by atoms with Gasteiger partial charge in [0.15, 0.2) is 16.7 Å². The van der Waals surface area contributed by atoms with Crippen molar-refractivity contribution in [3.05, 3.63) is 58.5 Å². The number of rotatable bonds is 3. The second kappa shape index (κ2) is 6.80. The number of para-hydroxylation sites is 1. The van der Waals surface area contributed by atoms with E-state index in [4.69, 9.17) is 4.74 Å². The van der Waals surface area contributed by atoms with Gasteiger partial charge in [-0.25, -0.2) is 4.99 Å². The van der Waals surface area contributed by atoms with Crippen molar-refractivity contribution in [3.8, 4) is 11.5 Å². The lowest BCUT2D eigenvalue weighted by atomic mass is 10.1. The predicted molar refractivity (Wildman–Crippen MR) is 96.6 cm³/mol. The fraction of sp³-hybridized carbons (Fsp3) is 0.111. The van der Waals surface area contributed by atoms with Gasteiger partial charge >= 0.3 is 0 Å². The van der Waals surface area contributed by atoms with E-state index in [0.717, 1.165) is 11.3 Å². The molecule has 0 bridgehead atoms. The van der Waals surface area contributed by atoms with E-state index in [1.807, 2.05) is 31.2 Å². The van der Waals surface area contributed by atoms with Crippen molar-refractivity contribution in [2.75, 3.05) is 7.11 Å². The van der Waals surface area contributed by atoms with E-state index in [1.54, 1.807) is 24.3 Å². The fourth-order valence-corrected chi connectivity index (χ4v) is 3.09. The van der Waals surface area contributed by atoms with Gasteiger partial charge in [-0.2, -0.15) is 0 Å². The number of amides is 1. The number of nitrogens with one attached hydrogen (secondary N) is 1. The number of hydrogen-bond acceptors (Lipinski definition) is 5. The molecule has 1 fully saturated rings. The summed E-state index contributed by atoms with van der Waals surface area (Å²) in [5.74, 6) is 0.125. The largest absolute Gasteiger partial charge is 0.504 e. The van der Waals surface area contributed by atoms with Crippen molar-refractivity contribution in [3.63, 3.8) is 0 Å². The maximum atomic E-state index is 12.1. The molecule has 0 aliphatic carbocycles. The van der Waals surface area contributed by atoms with Gasteiger partial charge in [0, 0.05) is 5.56 Å². The standard InChI is InChI=1S/C18H16N2O3S/c1-11-5-3-7-13(9-11)19-18-20-17(22)15(24-18)10-12-6-4-8-14(23-2)16(12)21/h3-10,21H,1-2H3,(H,19,20,22)/b15-10+. The van der Waals surface area contributed by atoms with Crippen LogP contribution in [-0.4, -0.2) is 23.3 Å². The summed E-state index contributed by atoms with van der Waals surface area (Å²) in [6, 6.07) is 12.8. The zero-order valence-electron chi connectivity index (χ0n) is 13.2. The molecule has 2 aromatic carbocycles. The second-order valence-corrected chi connectivity index (χ2v) is 6.25. The SMILES string of the molecule is COc1cccc(/C=C2/SC(=Nc3cccc(C)c3)NC2=O)c1O. The first-order chi connectivity index (χ1) is 11.6. The van der Waals surface area contributed by atoms with E-state index >= 15 is 0 Å². The first kappa shape index (κ1) is 16.1. The Morgan fingerprint density at radius 2 is 2.04 bits per heavy atom. The molecule has 1 aliphatic heterocycles. The Morgan fingerprint density at radius 1 is 1.25 bits per heavy atom. The van der Waals surface area contributed by atoms with Crippen LogP contribution in [0.1, 0.15) is 11.1 Å². The Bertz CT molecular complexity index is 859. The molecule has 0 unspecified atom stereocenters. The number of hydrogen-bond donors (Lipinski definition) is 2. The van der Waals surface area contributed by atoms with E-state index in [1.165, 1.54) is 18.9 Å². The molecule has 1 saturated heterocycles. The molecule has 1 amide bonds. The summed E-state index contributed by atoms with van der Waals surface area (Å²) >= 11 is 1.23. The molecular weight excluding hydrogens is 324 g/mol. The van der Waals surface area contributed by atoms with Crippen LogP contribution in [0, 0.1) is 6.92 Å². The number of aliphatic imine (C=N–C) groups is 1. The maximum Gasteiger partial charge on any atom is 0.264 e. The summed E-state index contributed by atoms with van der Waals surface area (Å²) in [7, 11) is 1.48. The van der Waals surface area contributed by atoms with Gasteiger partial charge in [0.1, 0.15) is 0 Å². The van der Waals surface area contributed by atoms with Crippen LogP contribution in [0.25, 0.3) is 6.08 Å². The van der Waals surface area contributed by atoms with Crippen molar-refractivity contribution in [1.29, 1.82) is 0 Å². The highest BCUT2D eigenvalue weighted by molar-refractivity contribution is 8.18. The summed E-state index contributed by atoms with van der Waals surface area (Å²) in [5.41, 5.74) is 2.40. The van der Waals surface area contributed by atoms with Gasteiger partial charge in [0.2, 0.25) is 0 Å². The number of nitrogens with zero attached hydrogens (tertiary/aromatic N) is 1. The van der Waals surface area contributed by atoms with Gasteiger partial charge in [-0.15, -0.1) is 0 Å². The summed E-state index contributed by atoms with van der Waals surface area (Å²) in [6.45, 7) is 1.99. The number of methoxy groups -OCH3 is 1. The Morgan fingerprint density at radius 3 is 2.79 bits per heavy atom. The minimum Gasteiger partial charge on any atom is -0.504 e. The molecule has 122 valence electrons. The van der Waals surface area contributed by atoms with Crippen LogP contribution in [0.2, 0.25) is 0 Å². The molecule has 0 spiro atoms. The van der Waals surface area contributed by atoms with Gasteiger partial charge in [-0.3, -0.25) is 4.79 Å². The lowest BCUT2D eigenvalue weighted by Gasteiger charge is -2.05. The number of carbonyl (C=O) groups excluding carboxylic acids is 1. The summed E-state index contributed by atoms with van der Waals surface area (Å²) < 4.78 is 5.08. The van der Waals surface area contributed by atoms with E-state index in [9.17, 15) is 9.90 Å². The molecule has 3 rings (SSSR count). The lowest BCUT2D eigenvalue weighted by Crippen LogP contribution is -2.19. The number of phenols is 1. The normalized spacial score (nSPS) is 17.3. The Labute approximate surface area is 144 Å². The predicted octanol–water partition coefficient (Wildman–Crippen LogP) is 3.60. The molecule has 2 N–H and O–H groups in total. The van der Waals surface area contributed by atoms with Gasteiger partial charge in [-0.1, -0.05) is 24.3 Å².